The van der Waals surface area contributed by atoms with Crippen molar-refractivity contribution >= 4 is 39.7 Å². The van der Waals surface area contributed by atoms with Crippen molar-refractivity contribution in [2.75, 3.05) is 7.11 Å². The second-order valence-electron chi connectivity index (χ2n) is 6.31. The van der Waals surface area contributed by atoms with Gasteiger partial charge in [-0.1, -0.05) is 30.0 Å². The van der Waals surface area contributed by atoms with Crippen molar-refractivity contribution in [3.63, 3.8) is 0 Å². The second kappa shape index (κ2) is 7.92. The van der Waals surface area contributed by atoms with E-state index in [2.05, 4.69) is 26.1 Å². The average molecular weight is 406 g/mol. The van der Waals surface area contributed by atoms with Gasteiger partial charge in [-0.2, -0.15) is 0 Å². The fraction of sp³-hybridized carbons (Fsp3) is 0.143. The molecule has 2 heterocycles. The predicted octanol–water partition coefficient (Wildman–Crippen LogP) is 3.54. The Morgan fingerprint density at radius 1 is 1.24 bits per heavy atom. The molecule has 8 heteroatoms. The number of nitrogens with zero attached hydrogens (tertiary/aromatic N) is 3. The third kappa shape index (κ3) is 3.66. The van der Waals surface area contributed by atoms with E-state index in [9.17, 15) is 9.59 Å². The number of carbonyl (C=O) groups is 1. The molecule has 0 aliphatic rings. The largest absolute Gasteiger partial charge is 0.465 e. The summed E-state index contributed by atoms with van der Waals surface area (Å²) in [6.45, 7) is 4.45. The van der Waals surface area contributed by atoms with Gasteiger partial charge in [0.05, 0.1) is 40.4 Å². The fourth-order valence-electron chi connectivity index (χ4n) is 3.10. The van der Waals surface area contributed by atoms with Crippen LogP contribution in [0.3, 0.4) is 0 Å². The SMILES string of the molecule is C=CCn1c(SCc2nc3cc(C(=O)OC)ccc3c(=O)[nH]2)nc2ccccc21. The number of thioether (sulfide) groups is 1. The van der Waals surface area contributed by atoms with E-state index in [0.717, 1.165) is 16.2 Å². The van der Waals surface area contributed by atoms with Gasteiger partial charge in [-0.15, -0.1) is 6.58 Å². The number of aromatic amines is 1. The van der Waals surface area contributed by atoms with Crippen molar-refractivity contribution in [3.8, 4) is 0 Å². The molecular formula is C21H18N4O3S. The molecule has 0 unspecified atom stereocenters. The first-order valence-corrected chi connectivity index (χ1v) is 9.89. The highest BCUT2D eigenvalue weighted by Gasteiger charge is 2.13. The van der Waals surface area contributed by atoms with Gasteiger partial charge in [-0.25, -0.2) is 14.8 Å². The van der Waals surface area contributed by atoms with Crippen molar-refractivity contribution in [2.24, 2.45) is 0 Å². The first-order chi connectivity index (χ1) is 14.1. The zero-order chi connectivity index (χ0) is 20.4. The van der Waals surface area contributed by atoms with Crippen LogP contribution < -0.4 is 5.56 Å². The Hall–Kier alpha value is -3.39. The number of nitrogens with one attached hydrogen (secondary N) is 1. The van der Waals surface area contributed by atoms with Gasteiger partial charge in [-0.3, -0.25) is 4.79 Å². The number of H-pyrrole nitrogens is 1. The summed E-state index contributed by atoms with van der Waals surface area (Å²) < 4.78 is 6.81. The first-order valence-electron chi connectivity index (χ1n) is 8.91. The minimum atomic E-state index is -0.469. The lowest BCUT2D eigenvalue weighted by atomic mass is 10.1. The van der Waals surface area contributed by atoms with Crippen molar-refractivity contribution < 1.29 is 9.53 Å². The molecule has 0 aliphatic heterocycles. The van der Waals surface area contributed by atoms with Gasteiger partial charge >= 0.3 is 5.97 Å². The minimum absolute atomic E-state index is 0.249. The van der Waals surface area contributed by atoms with E-state index in [4.69, 9.17) is 4.74 Å². The highest BCUT2D eigenvalue weighted by Crippen LogP contribution is 2.26. The maximum absolute atomic E-state index is 12.4. The highest BCUT2D eigenvalue weighted by atomic mass is 32.2. The van der Waals surface area contributed by atoms with E-state index < -0.39 is 5.97 Å². The van der Waals surface area contributed by atoms with Crippen molar-refractivity contribution in [1.82, 2.24) is 19.5 Å². The van der Waals surface area contributed by atoms with Gasteiger partial charge in [0.1, 0.15) is 5.82 Å². The maximum Gasteiger partial charge on any atom is 0.337 e. The van der Waals surface area contributed by atoms with Gasteiger partial charge in [0.15, 0.2) is 5.16 Å². The lowest BCUT2D eigenvalue weighted by Gasteiger charge is -2.07. The molecule has 0 atom stereocenters. The van der Waals surface area contributed by atoms with Crippen LogP contribution in [-0.4, -0.2) is 32.6 Å². The Balaban J connectivity index is 1.67. The van der Waals surface area contributed by atoms with E-state index in [-0.39, 0.29) is 5.56 Å². The lowest BCUT2D eigenvalue weighted by molar-refractivity contribution is 0.0601. The second-order valence-corrected chi connectivity index (χ2v) is 7.25. The molecule has 0 spiro atoms. The fourth-order valence-corrected chi connectivity index (χ4v) is 4.00. The molecule has 2 aromatic carbocycles. The molecule has 29 heavy (non-hydrogen) atoms. The van der Waals surface area contributed by atoms with Gasteiger partial charge in [0, 0.05) is 6.54 Å². The van der Waals surface area contributed by atoms with Gasteiger partial charge in [-0.05, 0) is 30.3 Å². The van der Waals surface area contributed by atoms with Crippen LogP contribution in [0.15, 0.2) is 65.1 Å². The molecule has 0 saturated heterocycles. The molecule has 4 aromatic rings. The van der Waals surface area contributed by atoms with Crippen molar-refractivity contribution in [1.29, 1.82) is 0 Å². The number of rotatable bonds is 6. The van der Waals surface area contributed by atoms with Crippen molar-refractivity contribution in [3.05, 3.63) is 76.9 Å². The van der Waals surface area contributed by atoms with Crippen LogP contribution in [0.4, 0.5) is 0 Å². The van der Waals surface area contributed by atoms with Gasteiger partial charge < -0.3 is 14.3 Å². The third-order valence-electron chi connectivity index (χ3n) is 4.45. The van der Waals surface area contributed by atoms with Crippen LogP contribution in [0.1, 0.15) is 16.2 Å². The molecule has 0 fully saturated rings. The van der Waals surface area contributed by atoms with E-state index >= 15 is 0 Å². The average Bonchev–Trinajstić information content (AvgIpc) is 3.09. The molecule has 0 saturated carbocycles. The van der Waals surface area contributed by atoms with E-state index in [0.29, 0.717) is 34.6 Å². The molecule has 0 radical (unpaired) electrons. The Bertz CT molecular complexity index is 1290. The Morgan fingerprint density at radius 2 is 2.07 bits per heavy atom. The summed E-state index contributed by atoms with van der Waals surface area (Å²) in [4.78, 5) is 36.2. The molecule has 0 bridgehead atoms. The zero-order valence-electron chi connectivity index (χ0n) is 15.7. The number of carbonyl (C=O) groups excluding carboxylic acids is 1. The summed E-state index contributed by atoms with van der Waals surface area (Å²) in [5, 5.41) is 1.24. The third-order valence-corrected chi connectivity index (χ3v) is 5.43. The number of ether oxygens (including phenoxy) is 1. The van der Waals surface area contributed by atoms with Crippen LogP contribution in [0, 0.1) is 0 Å². The highest BCUT2D eigenvalue weighted by molar-refractivity contribution is 7.98. The van der Waals surface area contributed by atoms with Gasteiger partial charge in [0.2, 0.25) is 0 Å². The summed E-state index contributed by atoms with van der Waals surface area (Å²) in [6, 6.07) is 12.6. The molecule has 1 N–H and O–H groups in total. The lowest BCUT2D eigenvalue weighted by Crippen LogP contribution is -2.12. The number of para-hydroxylation sites is 2. The molecule has 2 aromatic heterocycles. The number of allylic oxidation sites excluding steroid dienone is 1. The molecule has 146 valence electrons. The molecule has 7 nitrogen and oxygen atoms in total. The Labute approximate surface area is 170 Å². The number of benzene rings is 2. The number of methoxy groups -OCH3 is 1. The zero-order valence-corrected chi connectivity index (χ0v) is 16.5. The minimum Gasteiger partial charge on any atom is -0.465 e. The normalized spacial score (nSPS) is 11.1. The van der Waals surface area contributed by atoms with Crippen LogP contribution in [-0.2, 0) is 17.0 Å². The molecule has 0 amide bonds. The molecular weight excluding hydrogens is 388 g/mol. The monoisotopic (exact) mass is 406 g/mol. The number of hydrogen-bond acceptors (Lipinski definition) is 6. The number of imidazole rings is 1. The van der Waals surface area contributed by atoms with E-state index in [1.807, 2.05) is 30.3 Å². The Kier molecular flexibility index (Phi) is 5.18. The number of hydrogen-bond donors (Lipinski definition) is 1. The molecule has 0 aliphatic carbocycles. The summed E-state index contributed by atoms with van der Waals surface area (Å²) in [5.74, 6) is 0.462. The summed E-state index contributed by atoms with van der Waals surface area (Å²) in [5.41, 5.74) is 2.48. The summed E-state index contributed by atoms with van der Waals surface area (Å²) >= 11 is 1.48. The number of fused-ring (bicyclic) bond motifs is 2. The van der Waals surface area contributed by atoms with Crippen LogP contribution >= 0.6 is 11.8 Å². The maximum atomic E-state index is 12.4. The Morgan fingerprint density at radius 3 is 2.86 bits per heavy atom. The van der Waals surface area contributed by atoms with Gasteiger partial charge in [0.25, 0.3) is 5.56 Å². The van der Waals surface area contributed by atoms with E-state index in [1.165, 1.54) is 18.9 Å². The quantitative estimate of drug-likeness (QED) is 0.299. The predicted molar refractivity (Wildman–Crippen MR) is 113 cm³/mol. The smallest absolute Gasteiger partial charge is 0.337 e. The summed E-state index contributed by atoms with van der Waals surface area (Å²) in [6.07, 6.45) is 1.82. The van der Waals surface area contributed by atoms with Crippen LogP contribution in [0.25, 0.3) is 21.9 Å². The summed E-state index contributed by atoms with van der Waals surface area (Å²) in [7, 11) is 1.31. The van der Waals surface area contributed by atoms with Crippen LogP contribution in [0.5, 0.6) is 0 Å². The van der Waals surface area contributed by atoms with Crippen molar-refractivity contribution in [2.45, 2.75) is 17.5 Å². The van der Waals surface area contributed by atoms with E-state index in [1.54, 1.807) is 18.2 Å². The number of aromatic nitrogens is 4. The standard InChI is InChI=1S/C21H18N4O3S/c1-3-10-25-17-7-5-4-6-15(17)23-21(25)29-12-18-22-16-11-13(20(27)28-2)8-9-14(16)19(26)24-18/h3-9,11H,1,10,12H2,2H3,(H,22,24,26). The van der Waals surface area contributed by atoms with Crippen LogP contribution in [0.2, 0.25) is 0 Å². The first kappa shape index (κ1) is 18.9. The topological polar surface area (TPSA) is 89.9 Å². The molecule has 4 rings (SSSR count). The number of esters is 1.